The minimum Gasteiger partial charge on any atom is -0.505 e. The minimum absolute atomic E-state index is 0.0996. The summed E-state index contributed by atoms with van der Waals surface area (Å²) in [5.41, 5.74) is 6.66. The van der Waals surface area contributed by atoms with E-state index in [2.05, 4.69) is 6.92 Å². The number of aromatic hydroxyl groups is 1. The Balaban J connectivity index is 1.90. The zero-order valence-electron chi connectivity index (χ0n) is 20.0. The van der Waals surface area contributed by atoms with Crippen molar-refractivity contribution in [3.05, 3.63) is 23.3 Å². The maximum atomic E-state index is 11.2. The fourth-order valence-electron chi connectivity index (χ4n) is 4.26. The predicted molar refractivity (Wildman–Crippen MR) is 132 cm³/mol. The summed E-state index contributed by atoms with van der Waals surface area (Å²) < 4.78 is 0. The van der Waals surface area contributed by atoms with Crippen molar-refractivity contribution in [3.8, 4) is 5.75 Å². The lowest BCUT2D eigenvalue weighted by molar-refractivity contribution is 0.0693. The topological polar surface area (TPSA) is 83.5 Å². The largest absolute Gasteiger partial charge is 0.505 e. The predicted octanol–water partition coefficient (Wildman–Crippen LogP) is 8.26. The minimum atomic E-state index is -1.14. The van der Waals surface area contributed by atoms with Gasteiger partial charge in [-0.05, 0) is 30.5 Å². The summed E-state index contributed by atoms with van der Waals surface area (Å²) in [4.78, 5) is 11.2. The Morgan fingerprint density at radius 3 is 1.48 bits per heavy atom. The van der Waals surface area contributed by atoms with Crippen molar-refractivity contribution in [1.82, 2.24) is 0 Å². The SMILES string of the molecule is CCCCCCCCCCCCCCCCCCCCc1cc(N)c(O)c(C(=O)O)c1. The third-order valence-corrected chi connectivity index (χ3v) is 6.25. The number of anilines is 1. The van der Waals surface area contributed by atoms with E-state index in [4.69, 9.17) is 10.8 Å². The standard InChI is InChI=1S/C27H47NO3/c1-2-3-4-5-6-7-8-9-10-11-12-13-14-15-16-17-18-19-20-23-21-24(27(30)31)26(29)25(28)22-23/h21-22,29H,2-20,28H2,1H3,(H,30,31). The summed E-state index contributed by atoms with van der Waals surface area (Å²) in [6.45, 7) is 2.28. The van der Waals surface area contributed by atoms with Gasteiger partial charge in [0.2, 0.25) is 0 Å². The molecule has 1 aromatic rings. The molecule has 0 heterocycles. The molecule has 4 N–H and O–H groups in total. The molecule has 0 spiro atoms. The molecule has 0 unspecified atom stereocenters. The highest BCUT2D eigenvalue weighted by Crippen LogP contribution is 2.27. The lowest BCUT2D eigenvalue weighted by Gasteiger charge is -2.08. The summed E-state index contributed by atoms with van der Waals surface area (Å²) in [5.74, 6) is -1.46. The lowest BCUT2D eigenvalue weighted by Crippen LogP contribution is -2.01. The number of rotatable bonds is 20. The first kappa shape index (κ1) is 27.3. The van der Waals surface area contributed by atoms with E-state index in [-0.39, 0.29) is 17.0 Å². The number of hydrogen-bond acceptors (Lipinski definition) is 3. The highest BCUT2D eigenvalue weighted by molar-refractivity contribution is 5.93. The van der Waals surface area contributed by atoms with E-state index in [1.54, 1.807) is 12.1 Å². The number of nitrogens with two attached hydrogens (primary N) is 1. The van der Waals surface area contributed by atoms with Crippen molar-refractivity contribution in [1.29, 1.82) is 0 Å². The normalized spacial score (nSPS) is 11.1. The second kappa shape index (κ2) is 17.9. The van der Waals surface area contributed by atoms with Gasteiger partial charge in [-0.15, -0.1) is 0 Å². The van der Waals surface area contributed by atoms with Gasteiger partial charge in [0, 0.05) is 0 Å². The monoisotopic (exact) mass is 433 g/mol. The Kier molecular flexibility index (Phi) is 15.8. The molecule has 0 aliphatic heterocycles. The van der Waals surface area contributed by atoms with Crippen LogP contribution in [0.2, 0.25) is 0 Å². The summed E-state index contributed by atoms with van der Waals surface area (Å²) >= 11 is 0. The molecule has 4 heteroatoms. The number of phenols is 1. The Labute approximate surface area is 190 Å². The molecule has 0 saturated heterocycles. The molecule has 0 amide bonds. The number of aryl methyl sites for hydroxylation is 1. The number of carboxylic acids is 1. The van der Waals surface area contributed by atoms with Crippen LogP contribution in [-0.2, 0) is 6.42 Å². The maximum Gasteiger partial charge on any atom is 0.339 e. The molecule has 0 aliphatic rings. The van der Waals surface area contributed by atoms with Gasteiger partial charge in [0.05, 0.1) is 5.69 Å². The van der Waals surface area contributed by atoms with Gasteiger partial charge >= 0.3 is 5.97 Å². The van der Waals surface area contributed by atoms with Crippen molar-refractivity contribution >= 4 is 11.7 Å². The fraction of sp³-hybridized carbons (Fsp3) is 0.741. The van der Waals surface area contributed by atoms with Crippen LogP contribution < -0.4 is 5.73 Å². The second-order valence-electron chi connectivity index (χ2n) is 9.15. The van der Waals surface area contributed by atoms with E-state index in [9.17, 15) is 9.90 Å². The van der Waals surface area contributed by atoms with Gasteiger partial charge in [0.25, 0.3) is 0 Å². The van der Waals surface area contributed by atoms with Crippen LogP contribution in [0.1, 0.15) is 138 Å². The van der Waals surface area contributed by atoms with Crippen molar-refractivity contribution in [2.75, 3.05) is 5.73 Å². The molecule has 178 valence electrons. The van der Waals surface area contributed by atoms with Crippen LogP contribution in [0.4, 0.5) is 5.69 Å². The summed E-state index contributed by atoms with van der Waals surface area (Å²) in [6, 6.07) is 3.23. The number of unbranched alkanes of at least 4 members (excludes halogenated alkanes) is 17. The van der Waals surface area contributed by atoms with Crippen molar-refractivity contribution in [2.45, 2.75) is 129 Å². The molecule has 4 nitrogen and oxygen atoms in total. The van der Waals surface area contributed by atoms with E-state index in [1.807, 2.05) is 0 Å². The molecule has 0 atom stereocenters. The van der Waals surface area contributed by atoms with E-state index >= 15 is 0 Å². The van der Waals surface area contributed by atoms with E-state index in [0.717, 1.165) is 24.8 Å². The zero-order chi connectivity index (χ0) is 22.7. The van der Waals surface area contributed by atoms with Crippen molar-refractivity contribution < 1.29 is 15.0 Å². The summed E-state index contributed by atoms with van der Waals surface area (Å²) in [5, 5.41) is 18.8. The Hall–Kier alpha value is -1.71. The number of benzene rings is 1. The molecule has 0 aliphatic carbocycles. The molecule has 0 bridgehead atoms. The third kappa shape index (κ3) is 13.3. The molecule has 0 fully saturated rings. The van der Waals surface area contributed by atoms with Crippen molar-refractivity contribution in [2.24, 2.45) is 0 Å². The van der Waals surface area contributed by atoms with E-state index in [0.29, 0.717) is 0 Å². The van der Waals surface area contributed by atoms with E-state index in [1.165, 1.54) is 103 Å². The number of nitrogen functional groups attached to an aromatic ring is 1. The Morgan fingerprint density at radius 1 is 0.710 bits per heavy atom. The Morgan fingerprint density at radius 2 is 1.10 bits per heavy atom. The second-order valence-corrected chi connectivity index (χ2v) is 9.15. The van der Waals surface area contributed by atoms with Crippen LogP contribution in [0.5, 0.6) is 5.75 Å². The smallest absolute Gasteiger partial charge is 0.339 e. The molecule has 0 saturated carbocycles. The van der Waals surface area contributed by atoms with Crippen molar-refractivity contribution in [3.63, 3.8) is 0 Å². The quantitative estimate of drug-likeness (QED) is 0.110. The first-order chi connectivity index (χ1) is 15.1. The van der Waals surface area contributed by atoms with Crippen LogP contribution in [0.3, 0.4) is 0 Å². The molecular formula is C27H47NO3. The first-order valence-corrected chi connectivity index (χ1v) is 12.9. The zero-order valence-corrected chi connectivity index (χ0v) is 20.0. The number of carboxylic acid groups (broad SMARTS) is 1. The number of carbonyl (C=O) groups is 1. The van der Waals surface area contributed by atoms with Crippen LogP contribution in [-0.4, -0.2) is 16.2 Å². The summed E-state index contributed by atoms with van der Waals surface area (Å²) in [7, 11) is 0. The van der Waals surface area contributed by atoms with Crippen LogP contribution in [0, 0.1) is 0 Å². The molecule has 1 rings (SSSR count). The first-order valence-electron chi connectivity index (χ1n) is 12.9. The molecule has 1 aromatic carbocycles. The fourth-order valence-corrected chi connectivity index (χ4v) is 4.26. The van der Waals surface area contributed by atoms with Gasteiger partial charge < -0.3 is 15.9 Å². The van der Waals surface area contributed by atoms with Gasteiger partial charge in [0.1, 0.15) is 5.56 Å². The highest BCUT2D eigenvalue weighted by Gasteiger charge is 2.13. The highest BCUT2D eigenvalue weighted by atomic mass is 16.4. The van der Waals surface area contributed by atoms with Gasteiger partial charge in [-0.3, -0.25) is 0 Å². The maximum absolute atomic E-state index is 11.2. The molecular weight excluding hydrogens is 386 g/mol. The molecule has 0 aromatic heterocycles. The van der Waals surface area contributed by atoms with E-state index < -0.39 is 5.97 Å². The van der Waals surface area contributed by atoms with Crippen LogP contribution >= 0.6 is 0 Å². The lowest BCUT2D eigenvalue weighted by atomic mass is 10.0. The third-order valence-electron chi connectivity index (χ3n) is 6.25. The molecule has 31 heavy (non-hydrogen) atoms. The van der Waals surface area contributed by atoms with Gasteiger partial charge in [-0.2, -0.15) is 0 Å². The van der Waals surface area contributed by atoms with Gasteiger partial charge in [-0.25, -0.2) is 4.79 Å². The summed E-state index contributed by atoms with van der Waals surface area (Å²) in [6.07, 6.45) is 25.1. The van der Waals surface area contributed by atoms with Gasteiger partial charge in [0.15, 0.2) is 5.75 Å². The van der Waals surface area contributed by atoms with Gasteiger partial charge in [-0.1, -0.05) is 116 Å². The number of hydrogen-bond donors (Lipinski definition) is 3. The Bertz CT molecular complexity index is 600. The average Bonchev–Trinajstić information content (AvgIpc) is 2.75. The van der Waals surface area contributed by atoms with Crippen LogP contribution in [0.15, 0.2) is 12.1 Å². The van der Waals surface area contributed by atoms with Crippen LogP contribution in [0.25, 0.3) is 0 Å². The average molecular weight is 434 g/mol. The molecule has 0 radical (unpaired) electrons. The number of aromatic carboxylic acids is 1.